The van der Waals surface area contributed by atoms with E-state index in [1.807, 2.05) is 0 Å². The number of nitrogens with zero attached hydrogens (tertiary/aromatic N) is 6. The van der Waals surface area contributed by atoms with Crippen molar-refractivity contribution in [2.24, 2.45) is 0 Å². The molecule has 1 aromatic carbocycles. The number of hydrogen-bond donors (Lipinski definition) is 0. The first-order valence-corrected chi connectivity index (χ1v) is 9.32. The summed E-state index contributed by atoms with van der Waals surface area (Å²) in [6, 6.07) is 2.92. The standard InChI is InChI=1S/C19H18F2N6O/c20-13-8-12(9-14(21)10-13)18(28)26-6-4-25(5-7-26)17-15-2-1-3-16(15)24-19-22-11-23-27(17)19/h8-11H,1-7H2. The van der Waals surface area contributed by atoms with Gasteiger partial charge in [0.25, 0.3) is 11.7 Å². The summed E-state index contributed by atoms with van der Waals surface area (Å²) in [6.45, 7) is 2.14. The molecule has 0 radical (unpaired) electrons. The Morgan fingerprint density at radius 2 is 1.75 bits per heavy atom. The highest BCUT2D eigenvalue weighted by Crippen LogP contribution is 2.31. The minimum atomic E-state index is -0.747. The quantitative estimate of drug-likeness (QED) is 0.675. The molecule has 1 saturated heterocycles. The summed E-state index contributed by atoms with van der Waals surface area (Å²) in [5.74, 6) is -0.266. The third-order valence-electron chi connectivity index (χ3n) is 5.40. The molecule has 2 aromatic heterocycles. The molecule has 5 rings (SSSR count). The zero-order valence-electron chi connectivity index (χ0n) is 15.1. The topological polar surface area (TPSA) is 66.6 Å². The van der Waals surface area contributed by atoms with Gasteiger partial charge in [-0.25, -0.2) is 13.8 Å². The van der Waals surface area contributed by atoms with Crippen LogP contribution in [0.5, 0.6) is 0 Å². The van der Waals surface area contributed by atoms with Crippen molar-refractivity contribution in [3.63, 3.8) is 0 Å². The Morgan fingerprint density at radius 3 is 2.50 bits per heavy atom. The molecule has 3 aromatic rings. The lowest BCUT2D eigenvalue weighted by Crippen LogP contribution is -2.49. The van der Waals surface area contributed by atoms with Gasteiger partial charge < -0.3 is 9.80 Å². The van der Waals surface area contributed by atoms with Gasteiger partial charge in [0, 0.05) is 43.4 Å². The lowest BCUT2D eigenvalue weighted by Gasteiger charge is -2.36. The lowest BCUT2D eigenvalue weighted by molar-refractivity contribution is 0.0745. The van der Waals surface area contributed by atoms with Crippen molar-refractivity contribution >= 4 is 17.5 Å². The molecular formula is C19H18F2N6O. The summed E-state index contributed by atoms with van der Waals surface area (Å²) in [7, 11) is 0. The van der Waals surface area contributed by atoms with Crippen molar-refractivity contribution in [1.29, 1.82) is 0 Å². The predicted octanol–water partition coefficient (Wildman–Crippen LogP) is 1.85. The third-order valence-corrected chi connectivity index (χ3v) is 5.40. The predicted molar refractivity (Wildman–Crippen MR) is 97.3 cm³/mol. The van der Waals surface area contributed by atoms with E-state index in [9.17, 15) is 13.6 Å². The Bertz CT molecular complexity index is 1050. The largest absolute Gasteiger partial charge is 0.353 e. The van der Waals surface area contributed by atoms with Gasteiger partial charge in [-0.3, -0.25) is 4.79 Å². The fourth-order valence-corrected chi connectivity index (χ4v) is 4.11. The highest BCUT2D eigenvalue weighted by molar-refractivity contribution is 5.94. The lowest BCUT2D eigenvalue weighted by atomic mass is 10.1. The number of anilines is 1. The SMILES string of the molecule is O=C(c1cc(F)cc(F)c1)N1CCN(c2c3c(nc4ncnn24)CCC3)CC1. The number of carbonyl (C=O) groups is 1. The van der Waals surface area contributed by atoms with Crippen molar-refractivity contribution in [3.8, 4) is 0 Å². The number of aryl methyl sites for hydroxylation is 1. The van der Waals surface area contributed by atoms with Crippen LogP contribution in [0.1, 0.15) is 28.0 Å². The molecule has 0 N–H and O–H groups in total. The van der Waals surface area contributed by atoms with E-state index in [-0.39, 0.29) is 11.5 Å². The first-order valence-electron chi connectivity index (χ1n) is 9.32. The van der Waals surface area contributed by atoms with E-state index in [2.05, 4.69) is 20.0 Å². The summed E-state index contributed by atoms with van der Waals surface area (Å²) in [4.78, 5) is 25.3. The van der Waals surface area contributed by atoms with Gasteiger partial charge in [0.05, 0.1) is 5.69 Å². The van der Waals surface area contributed by atoms with Crippen LogP contribution in [0.15, 0.2) is 24.5 Å². The van der Waals surface area contributed by atoms with Crippen LogP contribution in [-0.2, 0) is 12.8 Å². The van der Waals surface area contributed by atoms with E-state index in [0.29, 0.717) is 32.0 Å². The molecule has 9 heteroatoms. The number of halogens is 2. The van der Waals surface area contributed by atoms with Crippen molar-refractivity contribution in [3.05, 3.63) is 53.0 Å². The zero-order chi connectivity index (χ0) is 19.3. The number of benzene rings is 1. The van der Waals surface area contributed by atoms with Crippen LogP contribution < -0.4 is 4.90 Å². The monoisotopic (exact) mass is 384 g/mol. The fraction of sp³-hybridized carbons (Fsp3) is 0.368. The average Bonchev–Trinajstić information content (AvgIpc) is 3.33. The number of aromatic nitrogens is 4. The second-order valence-corrected chi connectivity index (χ2v) is 7.12. The maximum absolute atomic E-state index is 13.4. The molecule has 1 aliphatic heterocycles. The molecule has 1 aliphatic carbocycles. The number of fused-ring (bicyclic) bond motifs is 2. The van der Waals surface area contributed by atoms with Crippen molar-refractivity contribution < 1.29 is 13.6 Å². The van der Waals surface area contributed by atoms with E-state index >= 15 is 0 Å². The number of piperazine rings is 1. The van der Waals surface area contributed by atoms with Gasteiger partial charge in [0.1, 0.15) is 23.8 Å². The molecule has 144 valence electrons. The second-order valence-electron chi connectivity index (χ2n) is 7.12. The summed E-state index contributed by atoms with van der Waals surface area (Å²) in [5, 5.41) is 4.33. The van der Waals surface area contributed by atoms with E-state index in [1.54, 1.807) is 9.42 Å². The van der Waals surface area contributed by atoms with E-state index in [1.165, 1.54) is 11.9 Å². The van der Waals surface area contributed by atoms with Crippen LogP contribution >= 0.6 is 0 Å². The van der Waals surface area contributed by atoms with Gasteiger partial charge in [-0.2, -0.15) is 14.6 Å². The highest BCUT2D eigenvalue weighted by Gasteiger charge is 2.29. The second kappa shape index (κ2) is 6.50. The number of hydrogen-bond acceptors (Lipinski definition) is 5. The number of carbonyl (C=O) groups excluding carboxylic acids is 1. The molecule has 2 aliphatic rings. The Hall–Kier alpha value is -3.10. The Kier molecular flexibility index (Phi) is 3.96. The molecular weight excluding hydrogens is 366 g/mol. The van der Waals surface area contributed by atoms with Gasteiger partial charge >= 0.3 is 0 Å². The third kappa shape index (κ3) is 2.78. The van der Waals surface area contributed by atoms with Gasteiger partial charge in [-0.1, -0.05) is 0 Å². The summed E-state index contributed by atoms with van der Waals surface area (Å²) >= 11 is 0. The first-order chi connectivity index (χ1) is 13.6. The molecule has 0 unspecified atom stereocenters. The summed E-state index contributed by atoms with van der Waals surface area (Å²) in [5.41, 5.74) is 2.31. The summed E-state index contributed by atoms with van der Waals surface area (Å²) in [6.07, 6.45) is 4.45. The van der Waals surface area contributed by atoms with Crippen molar-refractivity contribution in [1.82, 2.24) is 24.5 Å². The Morgan fingerprint density at radius 1 is 1.00 bits per heavy atom. The van der Waals surface area contributed by atoms with E-state index < -0.39 is 11.6 Å². The van der Waals surface area contributed by atoms with Crippen molar-refractivity contribution in [2.45, 2.75) is 19.3 Å². The van der Waals surface area contributed by atoms with Crippen LogP contribution in [0, 0.1) is 11.6 Å². The maximum Gasteiger partial charge on any atom is 0.254 e. The molecule has 0 spiro atoms. The normalized spacial score (nSPS) is 16.6. The molecule has 0 saturated carbocycles. The van der Waals surface area contributed by atoms with Gasteiger partial charge in [0.15, 0.2) is 0 Å². The van der Waals surface area contributed by atoms with Crippen LogP contribution in [0.4, 0.5) is 14.6 Å². The van der Waals surface area contributed by atoms with Crippen LogP contribution in [-0.4, -0.2) is 56.6 Å². The molecule has 28 heavy (non-hydrogen) atoms. The molecule has 0 bridgehead atoms. The van der Waals surface area contributed by atoms with Gasteiger partial charge in [0.2, 0.25) is 0 Å². The van der Waals surface area contributed by atoms with Crippen LogP contribution in [0.2, 0.25) is 0 Å². The van der Waals surface area contributed by atoms with Crippen LogP contribution in [0.25, 0.3) is 5.78 Å². The Balaban J connectivity index is 1.39. The van der Waals surface area contributed by atoms with Gasteiger partial charge in [-0.05, 0) is 31.4 Å². The highest BCUT2D eigenvalue weighted by atomic mass is 19.1. The molecule has 7 nitrogen and oxygen atoms in total. The minimum absolute atomic E-state index is 0.0365. The molecule has 1 fully saturated rings. The smallest absolute Gasteiger partial charge is 0.254 e. The van der Waals surface area contributed by atoms with Gasteiger partial charge in [-0.15, -0.1) is 0 Å². The molecule has 0 atom stereocenters. The Labute approximate surface area is 159 Å². The maximum atomic E-state index is 13.4. The van der Waals surface area contributed by atoms with E-state index in [0.717, 1.165) is 49.0 Å². The molecule has 1 amide bonds. The first kappa shape index (κ1) is 17.0. The number of rotatable bonds is 2. The van der Waals surface area contributed by atoms with Crippen LogP contribution in [0.3, 0.4) is 0 Å². The fourth-order valence-electron chi connectivity index (χ4n) is 4.11. The van der Waals surface area contributed by atoms with Crippen molar-refractivity contribution in [2.75, 3.05) is 31.1 Å². The zero-order valence-corrected chi connectivity index (χ0v) is 15.1. The average molecular weight is 384 g/mol. The summed E-state index contributed by atoms with van der Waals surface area (Å²) < 4.78 is 28.7. The minimum Gasteiger partial charge on any atom is -0.353 e. The number of amides is 1. The molecule has 3 heterocycles. The van der Waals surface area contributed by atoms with E-state index in [4.69, 9.17) is 0 Å².